The average Bonchev–Trinajstić information content (AvgIpc) is 3.53. The van der Waals surface area contributed by atoms with Gasteiger partial charge in [-0.05, 0) is 23.6 Å². The van der Waals surface area contributed by atoms with Crippen LogP contribution >= 0.6 is 11.3 Å². The molecule has 3 aromatic carbocycles. The van der Waals surface area contributed by atoms with Gasteiger partial charge in [0, 0.05) is 22.7 Å². The molecule has 1 amide bonds. The number of phenolic OH excluding ortho intramolecular Hbond substituents is 1. The minimum Gasteiger partial charge on any atom is -0.505 e. The molecule has 0 spiro atoms. The molecule has 2 N–H and O–H groups in total. The Morgan fingerprint density at radius 1 is 1.12 bits per heavy atom. The van der Waals surface area contributed by atoms with Crippen molar-refractivity contribution in [3.05, 3.63) is 95.4 Å². The Kier molecular flexibility index (Phi) is 5.51. The number of aromatic nitrogens is 3. The van der Waals surface area contributed by atoms with Gasteiger partial charge in [-0.3, -0.25) is 4.79 Å². The molecule has 2 aromatic heterocycles. The van der Waals surface area contributed by atoms with E-state index in [1.807, 2.05) is 18.2 Å². The van der Waals surface area contributed by atoms with Gasteiger partial charge in [-0.25, -0.2) is 9.83 Å². The first kappa shape index (κ1) is 21.0. The van der Waals surface area contributed by atoms with E-state index in [0.29, 0.717) is 21.6 Å². The zero-order valence-electron chi connectivity index (χ0n) is 17.5. The number of para-hydroxylation sites is 1. The molecule has 0 saturated carbocycles. The van der Waals surface area contributed by atoms with E-state index >= 15 is 0 Å². The molecule has 0 aliphatic carbocycles. The number of azo groups is 1. The van der Waals surface area contributed by atoms with Crippen LogP contribution in [0, 0.1) is 6.57 Å². The Morgan fingerprint density at radius 3 is 2.68 bits per heavy atom. The number of rotatable bonds is 5. The Morgan fingerprint density at radius 2 is 1.91 bits per heavy atom. The van der Waals surface area contributed by atoms with E-state index in [9.17, 15) is 9.90 Å². The molecule has 0 saturated heterocycles. The summed E-state index contributed by atoms with van der Waals surface area (Å²) in [4.78, 5) is 20.6. The number of aromatic hydroxyl groups is 1. The van der Waals surface area contributed by atoms with E-state index in [2.05, 4.69) is 30.5 Å². The zero-order valence-corrected chi connectivity index (χ0v) is 18.3. The highest BCUT2D eigenvalue weighted by atomic mass is 32.1. The van der Waals surface area contributed by atoms with E-state index < -0.39 is 5.91 Å². The lowest BCUT2D eigenvalue weighted by Crippen LogP contribution is -2.12. The third-order valence-corrected chi connectivity index (χ3v) is 5.71. The number of nitrogens with one attached hydrogen (secondary N) is 1. The molecule has 10 heteroatoms. The highest BCUT2D eigenvalue weighted by Crippen LogP contribution is 2.41. The van der Waals surface area contributed by atoms with Crippen molar-refractivity contribution in [3.63, 3.8) is 0 Å². The molecule has 0 aliphatic heterocycles. The van der Waals surface area contributed by atoms with Crippen LogP contribution in [0.1, 0.15) is 10.4 Å². The first-order valence-electron chi connectivity index (χ1n) is 10.0. The molecule has 0 radical (unpaired) electrons. The highest BCUT2D eigenvalue weighted by Gasteiger charge is 2.20. The van der Waals surface area contributed by atoms with E-state index in [0.717, 1.165) is 0 Å². The van der Waals surface area contributed by atoms with Crippen molar-refractivity contribution < 1.29 is 9.90 Å². The van der Waals surface area contributed by atoms with E-state index in [1.165, 1.54) is 22.2 Å². The number of hydrogen-bond donors (Lipinski definition) is 2. The van der Waals surface area contributed by atoms with Gasteiger partial charge in [-0.15, -0.1) is 21.6 Å². The molecule has 5 rings (SSSR count). The fourth-order valence-corrected chi connectivity index (χ4v) is 3.97. The van der Waals surface area contributed by atoms with Gasteiger partial charge < -0.3 is 10.4 Å². The Bertz CT molecular complexity index is 1570. The van der Waals surface area contributed by atoms with Crippen LogP contribution in [0.5, 0.6) is 5.75 Å². The molecule has 34 heavy (non-hydrogen) atoms. The highest BCUT2D eigenvalue weighted by molar-refractivity contribution is 7.12. The predicted octanol–water partition coefficient (Wildman–Crippen LogP) is 6.41. The summed E-state index contributed by atoms with van der Waals surface area (Å²) in [6, 6.07) is 17.8. The molecular weight excluding hydrogens is 450 g/mol. The van der Waals surface area contributed by atoms with Crippen molar-refractivity contribution in [3.8, 4) is 10.9 Å². The number of carbonyl (C=O) groups is 1. The van der Waals surface area contributed by atoms with Crippen LogP contribution in [-0.4, -0.2) is 25.8 Å². The smallest absolute Gasteiger partial charge is 0.259 e. The van der Waals surface area contributed by atoms with Gasteiger partial charge >= 0.3 is 0 Å². The molecule has 0 bridgehead atoms. The standard InChI is InChI=1S/C24H15N7O2S/c1-25-19-14-27-31(24-26-11-12-34-24)22(19)30-29-20-17-10-6-5-7-15(17)13-18(21(20)32)23(33)28-16-8-3-2-4-9-16/h2-14,32H,(H,28,33). The van der Waals surface area contributed by atoms with Gasteiger partial charge in [0.15, 0.2) is 11.6 Å². The average molecular weight is 465 g/mol. The van der Waals surface area contributed by atoms with E-state index in [4.69, 9.17) is 6.57 Å². The maximum absolute atomic E-state index is 13.0. The lowest BCUT2D eigenvalue weighted by molar-refractivity contribution is 0.102. The quantitative estimate of drug-likeness (QED) is 0.231. The van der Waals surface area contributed by atoms with Gasteiger partial charge in [0.1, 0.15) is 5.69 Å². The lowest BCUT2D eigenvalue weighted by Gasteiger charge is -2.11. The summed E-state index contributed by atoms with van der Waals surface area (Å²) in [5.74, 6) is -0.631. The molecular formula is C24H15N7O2S. The third-order valence-electron chi connectivity index (χ3n) is 4.96. The van der Waals surface area contributed by atoms with Crippen LogP contribution in [0.15, 0.2) is 88.7 Å². The molecule has 2 heterocycles. The summed E-state index contributed by atoms with van der Waals surface area (Å²) in [6.07, 6.45) is 3.00. The fraction of sp³-hybridized carbons (Fsp3) is 0. The maximum Gasteiger partial charge on any atom is 0.259 e. The molecule has 0 fully saturated rings. The Labute approximate surface area is 197 Å². The summed E-state index contributed by atoms with van der Waals surface area (Å²) < 4.78 is 1.41. The summed E-state index contributed by atoms with van der Waals surface area (Å²) in [5.41, 5.74) is 0.937. The van der Waals surface area contributed by atoms with Gasteiger partial charge in [0.05, 0.1) is 18.3 Å². The number of phenols is 1. The van der Waals surface area contributed by atoms with Crippen LogP contribution in [0.25, 0.3) is 20.7 Å². The zero-order chi connectivity index (χ0) is 23.5. The number of carbonyl (C=O) groups excluding carboxylic acids is 1. The summed E-state index contributed by atoms with van der Waals surface area (Å²) >= 11 is 1.33. The molecule has 0 unspecified atom stereocenters. The summed E-state index contributed by atoms with van der Waals surface area (Å²) in [6.45, 7) is 7.43. The lowest BCUT2D eigenvalue weighted by atomic mass is 10.0. The monoisotopic (exact) mass is 465 g/mol. The van der Waals surface area contributed by atoms with Crippen LogP contribution in [-0.2, 0) is 0 Å². The van der Waals surface area contributed by atoms with Crippen molar-refractivity contribution in [1.29, 1.82) is 0 Å². The van der Waals surface area contributed by atoms with Crippen LogP contribution in [0.2, 0.25) is 0 Å². The topological polar surface area (TPSA) is 109 Å². The van der Waals surface area contributed by atoms with Crippen molar-refractivity contribution >= 4 is 50.9 Å². The minimum absolute atomic E-state index is 0.0512. The molecule has 0 atom stereocenters. The van der Waals surface area contributed by atoms with Gasteiger partial charge in [0.25, 0.3) is 11.6 Å². The summed E-state index contributed by atoms with van der Waals surface area (Å²) in [5, 5.41) is 30.1. The van der Waals surface area contributed by atoms with Crippen molar-refractivity contribution in [2.24, 2.45) is 10.2 Å². The predicted molar refractivity (Wildman–Crippen MR) is 130 cm³/mol. The second-order valence-electron chi connectivity index (χ2n) is 7.05. The second kappa shape index (κ2) is 8.93. The molecule has 9 nitrogen and oxygen atoms in total. The van der Waals surface area contributed by atoms with Crippen molar-refractivity contribution in [2.75, 3.05) is 5.32 Å². The van der Waals surface area contributed by atoms with Gasteiger partial charge in [-0.1, -0.05) is 42.5 Å². The first-order chi connectivity index (χ1) is 16.7. The molecule has 0 aliphatic rings. The number of nitrogens with zero attached hydrogens (tertiary/aromatic N) is 6. The minimum atomic E-state index is -0.486. The van der Waals surface area contributed by atoms with E-state index in [-0.39, 0.29) is 28.5 Å². The molecule has 164 valence electrons. The van der Waals surface area contributed by atoms with E-state index in [1.54, 1.807) is 54.0 Å². The number of anilines is 1. The maximum atomic E-state index is 13.0. The van der Waals surface area contributed by atoms with Gasteiger partial charge in [0.2, 0.25) is 5.13 Å². The fourth-order valence-electron chi connectivity index (χ4n) is 3.38. The van der Waals surface area contributed by atoms with Crippen molar-refractivity contribution in [2.45, 2.75) is 0 Å². The Hall–Kier alpha value is -4.88. The molecule has 5 aromatic rings. The Balaban J connectivity index is 1.61. The number of benzene rings is 3. The second-order valence-corrected chi connectivity index (χ2v) is 7.93. The number of thiazole rings is 1. The van der Waals surface area contributed by atoms with Gasteiger partial charge in [-0.2, -0.15) is 9.78 Å². The first-order valence-corrected chi connectivity index (χ1v) is 10.9. The number of fused-ring (bicyclic) bond motifs is 1. The normalized spacial score (nSPS) is 11.0. The SMILES string of the molecule is [C-]#[N+]c1cnn(-c2nccs2)c1N=Nc1c(O)c(C(=O)Nc2ccccc2)cc2ccccc12. The van der Waals surface area contributed by atoms with Crippen LogP contribution in [0.3, 0.4) is 0 Å². The summed E-state index contributed by atoms with van der Waals surface area (Å²) in [7, 11) is 0. The number of hydrogen-bond acceptors (Lipinski definition) is 7. The largest absolute Gasteiger partial charge is 0.505 e. The van der Waals surface area contributed by atoms with Crippen molar-refractivity contribution in [1.82, 2.24) is 14.8 Å². The van der Waals surface area contributed by atoms with Crippen LogP contribution < -0.4 is 5.32 Å². The number of amides is 1. The third kappa shape index (κ3) is 3.87. The van der Waals surface area contributed by atoms with Crippen LogP contribution in [0.4, 0.5) is 22.9 Å².